The fraction of sp³-hybridized carbons (Fsp3) is 0.136. The van der Waals surface area contributed by atoms with Crippen molar-refractivity contribution in [1.82, 2.24) is 4.57 Å². The zero-order valence-corrected chi connectivity index (χ0v) is 15.9. The maximum Gasteiger partial charge on any atom is 0.273 e. The van der Waals surface area contributed by atoms with Crippen molar-refractivity contribution >= 4 is 5.78 Å². The number of aromatic hydroxyl groups is 1. The van der Waals surface area contributed by atoms with Crippen molar-refractivity contribution in [2.24, 2.45) is 0 Å². The summed E-state index contributed by atoms with van der Waals surface area (Å²) in [6.07, 6.45) is 1.35. The van der Waals surface area contributed by atoms with Gasteiger partial charge in [-0.2, -0.15) is 5.26 Å². The molecule has 29 heavy (non-hydrogen) atoms. The van der Waals surface area contributed by atoms with Crippen molar-refractivity contribution in [3.05, 3.63) is 81.8 Å². The molecule has 1 N–H and O–H groups in total. The first kappa shape index (κ1) is 19.7. The number of ether oxygens (including phenoxy) is 2. The molecule has 7 heteroatoms. The molecule has 0 aliphatic carbocycles. The number of carbonyl (C=O) groups excluding carboxylic acids is 1. The number of benzene rings is 2. The highest BCUT2D eigenvalue weighted by Crippen LogP contribution is 2.26. The van der Waals surface area contributed by atoms with E-state index in [9.17, 15) is 20.0 Å². The number of phenols is 1. The Morgan fingerprint density at radius 2 is 1.83 bits per heavy atom. The van der Waals surface area contributed by atoms with E-state index < -0.39 is 11.3 Å². The van der Waals surface area contributed by atoms with Crippen molar-refractivity contribution in [2.45, 2.75) is 6.92 Å². The van der Waals surface area contributed by atoms with Gasteiger partial charge in [0.15, 0.2) is 5.78 Å². The largest absolute Gasteiger partial charge is 0.507 e. The molecule has 2 aromatic carbocycles. The van der Waals surface area contributed by atoms with E-state index in [1.807, 2.05) is 13.0 Å². The number of aromatic nitrogens is 1. The van der Waals surface area contributed by atoms with Crippen LogP contribution in [0.2, 0.25) is 0 Å². The topological polar surface area (TPSA) is 102 Å². The minimum absolute atomic E-state index is 0.00475. The lowest BCUT2D eigenvalue weighted by Crippen LogP contribution is -2.22. The molecule has 0 radical (unpaired) electrons. The lowest BCUT2D eigenvalue weighted by Gasteiger charge is -2.11. The average molecular weight is 390 g/mol. The number of nitriles is 1. The minimum atomic E-state index is -0.553. The van der Waals surface area contributed by atoms with E-state index in [4.69, 9.17) is 9.47 Å². The third kappa shape index (κ3) is 3.96. The fourth-order valence-corrected chi connectivity index (χ4v) is 2.83. The molecule has 1 heterocycles. The molecular formula is C22H18N2O5. The fourth-order valence-electron chi connectivity index (χ4n) is 2.83. The Morgan fingerprint density at radius 3 is 2.45 bits per heavy atom. The van der Waals surface area contributed by atoms with E-state index in [1.165, 1.54) is 42.1 Å². The van der Waals surface area contributed by atoms with E-state index in [0.29, 0.717) is 23.8 Å². The van der Waals surface area contributed by atoms with Gasteiger partial charge in [-0.25, -0.2) is 0 Å². The van der Waals surface area contributed by atoms with Crippen LogP contribution >= 0.6 is 0 Å². The Labute approximate surface area is 167 Å². The average Bonchev–Trinajstić information content (AvgIpc) is 2.74. The van der Waals surface area contributed by atoms with Crippen LogP contribution in [0.15, 0.2) is 59.5 Å². The first-order valence-corrected chi connectivity index (χ1v) is 8.80. The third-order valence-corrected chi connectivity index (χ3v) is 4.27. The van der Waals surface area contributed by atoms with Gasteiger partial charge in [0.05, 0.1) is 19.3 Å². The molecule has 0 spiro atoms. The quantitative estimate of drug-likeness (QED) is 0.649. The number of carbonyl (C=O) groups is 1. The van der Waals surface area contributed by atoms with Gasteiger partial charge in [0.25, 0.3) is 5.56 Å². The predicted octanol–water partition coefficient (Wildman–Crippen LogP) is 3.05. The highest BCUT2D eigenvalue weighted by Gasteiger charge is 2.18. The predicted molar refractivity (Wildman–Crippen MR) is 106 cm³/mol. The van der Waals surface area contributed by atoms with Crippen LogP contribution in [0.1, 0.15) is 28.4 Å². The molecule has 7 nitrogen and oxygen atoms in total. The molecule has 0 fully saturated rings. The highest BCUT2D eigenvalue weighted by molar-refractivity contribution is 6.10. The van der Waals surface area contributed by atoms with Gasteiger partial charge >= 0.3 is 0 Å². The Balaban J connectivity index is 2.12. The summed E-state index contributed by atoms with van der Waals surface area (Å²) >= 11 is 0. The zero-order chi connectivity index (χ0) is 21.0. The molecule has 0 atom stereocenters. The number of hydrogen-bond donors (Lipinski definition) is 1. The van der Waals surface area contributed by atoms with Crippen LogP contribution in [0.5, 0.6) is 17.2 Å². The summed E-state index contributed by atoms with van der Waals surface area (Å²) in [5, 5.41) is 19.4. The van der Waals surface area contributed by atoms with Gasteiger partial charge in [0, 0.05) is 17.4 Å². The van der Waals surface area contributed by atoms with Crippen molar-refractivity contribution in [1.29, 1.82) is 5.26 Å². The molecule has 3 aromatic rings. The van der Waals surface area contributed by atoms with Gasteiger partial charge in [-0.1, -0.05) is 0 Å². The summed E-state index contributed by atoms with van der Waals surface area (Å²) in [7, 11) is 1.44. The Morgan fingerprint density at radius 1 is 1.14 bits per heavy atom. The van der Waals surface area contributed by atoms with Crippen LogP contribution in [0, 0.1) is 11.3 Å². The summed E-state index contributed by atoms with van der Waals surface area (Å²) in [6, 6.07) is 14.0. The Bertz CT molecular complexity index is 1160. The van der Waals surface area contributed by atoms with Crippen LogP contribution < -0.4 is 15.0 Å². The van der Waals surface area contributed by atoms with E-state index in [0.717, 1.165) is 0 Å². The van der Waals surface area contributed by atoms with Gasteiger partial charge in [-0.05, 0) is 55.5 Å². The maximum absolute atomic E-state index is 13.0. The molecule has 3 rings (SSSR count). The number of pyridine rings is 1. The van der Waals surface area contributed by atoms with E-state index in [1.54, 1.807) is 24.3 Å². The molecule has 146 valence electrons. The monoisotopic (exact) mass is 390 g/mol. The van der Waals surface area contributed by atoms with Crippen LogP contribution in [0.3, 0.4) is 0 Å². The van der Waals surface area contributed by atoms with Crippen molar-refractivity contribution in [3.63, 3.8) is 0 Å². The van der Waals surface area contributed by atoms with Crippen LogP contribution in [-0.4, -0.2) is 29.2 Å². The van der Waals surface area contributed by atoms with E-state index in [-0.39, 0.29) is 22.4 Å². The number of ketones is 1. The molecular weight excluding hydrogens is 372 g/mol. The normalized spacial score (nSPS) is 10.2. The third-order valence-electron chi connectivity index (χ3n) is 4.27. The van der Waals surface area contributed by atoms with Gasteiger partial charge in [0.1, 0.15) is 28.9 Å². The van der Waals surface area contributed by atoms with Gasteiger partial charge in [-0.15, -0.1) is 0 Å². The number of rotatable bonds is 6. The number of phenolic OH excluding ortho intramolecular Hbond substituents is 1. The molecule has 0 unspecified atom stereocenters. The number of methoxy groups -OCH3 is 1. The van der Waals surface area contributed by atoms with Gasteiger partial charge in [0.2, 0.25) is 0 Å². The molecule has 1 aromatic heterocycles. The zero-order valence-electron chi connectivity index (χ0n) is 15.9. The Hall–Kier alpha value is -4.05. The molecule has 0 saturated carbocycles. The molecule has 0 aliphatic heterocycles. The smallest absolute Gasteiger partial charge is 0.273 e. The van der Waals surface area contributed by atoms with Crippen LogP contribution in [-0.2, 0) is 0 Å². The van der Waals surface area contributed by atoms with E-state index in [2.05, 4.69) is 0 Å². The lowest BCUT2D eigenvalue weighted by molar-refractivity contribution is 0.103. The standard InChI is InChI=1S/C22H18N2O5/c1-3-29-17-6-4-16(5-7-17)24-13-15(10-14(12-23)22(24)27)21(26)19-11-18(28-2)8-9-20(19)25/h4-11,13,25H,3H2,1-2H3. The van der Waals surface area contributed by atoms with Crippen molar-refractivity contribution < 1.29 is 19.4 Å². The molecule has 0 saturated heterocycles. The summed E-state index contributed by atoms with van der Waals surface area (Å²) < 4.78 is 11.7. The maximum atomic E-state index is 13.0. The lowest BCUT2D eigenvalue weighted by atomic mass is 10.0. The molecule has 0 amide bonds. The molecule has 0 aliphatic rings. The van der Waals surface area contributed by atoms with E-state index >= 15 is 0 Å². The first-order valence-electron chi connectivity index (χ1n) is 8.80. The van der Waals surface area contributed by atoms with Crippen LogP contribution in [0.25, 0.3) is 5.69 Å². The second-order valence-electron chi connectivity index (χ2n) is 6.07. The SMILES string of the molecule is CCOc1ccc(-n2cc(C(=O)c3cc(OC)ccc3O)cc(C#N)c2=O)cc1. The van der Waals surface area contributed by atoms with Gasteiger partial charge in [-0.3, -0.25) is 14.2 Å². The summed E-state index contributed by atoms with van der Waals surface area (Å²) in [5.41, 5.74) is -0.182. The number of nitrogens with zero attached hydrogens (tertiary/aromatic N) is 2. The minimum Gasteiger partial charge on any atom is -0.507 e. The molecule has 0 bridgehead atoms. The van der Waals surface area contributed by atoms with Crippen molar-refractivity contribution in [3.8, 4) is 29.0 Å². The highest BCUT2D eigenvalue weighted by atomic mass is 16.5. The second kappa shape index (κ2) is 8.31. The second-order valence-corrected chi connectivity index (χ2v) is 6.07. The summed E-state index contributed by atoms with van der Waals surface area (Å²) in [4.78, 5) is 25.6. The number of hydrogen-bond acceptors (Lipinski definition) is 6. The van der Waals surface area contributed by atoms with Crippen molar-refractivity contribution in [2.75, 3.05) is 13.7 Å². The van der Waals surface area contributed by atoms with Crippen LogP contribution in [0.4, 0.5) is 0 Å². The van der Waals surface area contributed by atoms with Gasteiger partial charge < -0.3 is 14.6 Å². The first-order chi connectivity index (χ1) is 14.0. The summed E-state index contributed by atoms with van der Waals surface area (Å²) in [6.45, 7) is 2.37. The Kier molecular flexibility index (Phi) is 5.65. The summed E-state index contributed by atoms with van der Waals surface area (Å²) in [5.74, 6) is 0.260.